The molecule has 1 amide bonds. The Morgan fingerprint density at radius 1 is 1.47 bits per heavy atom. The summed E-state index contributed by atoms with van der Waals surface area (Å²) in [6.45, 7) is -0.319. The number of halogens is 2. The molecule has 1 aromatic carbocycles. The van der Waals surface area contributed by atoms with Crippen LogP contribution in [0.3, 0.4) is 0 Å². The zero-order valence-corrected chi connectivity index (χ0v) is 11.3. The van der Waals surface area contributed by atoms with Gasteiger partial charge < -0.3 is 10.1 Å². The summed E-state index contributed by atoms with van der Waals surface area (Å²) in [5.74, 6) is -1.42. The van der Waals surface area contributed by atoms with Crippen molar-refractivity contribution in [2.45, 2.75) is 23.8 Å². The highest BCUT2D eigenvalue weighted by atomic mass is 35.7. The third kappa shape index (κ3) is 4.07. The fourth-order valence-corrected chi connectivity index (χ4v) is 2.15. The largest absolute Gasteiger partial charge is 0.481 e. The second-order valence-corrected chi connectivity index (χ2v) is 6.73. The molecule has 0 radical (unpaired) electrons. The number of amides is 1. The molecule has 5 nitrogen and oxygen atoms in total. The lowest BCUT2D eigenvalue weighted by atomic mass is 10.3. The van der Waals surface area contributed by atoms with Crippen LogP contribution in [0.2, 0.25) is 0 Å². The van der Waals surface area contributed by atoms with Gasteiger partial charge >= 0.3 is 0 Å². The molecule has 0 spiro atoms. The van der Waals surface area contributed by atoms with E-state index >= 15 is 0 Å². The highest BCUT2D eigenvalue weighted by Gasteiger charge is 2.23. The van der Waals surface area contributed by atoms with E-state index in [1.165, 1.54) is 0 Å². The van der Waals surface area contributed by atoms with Crippen LogP contribution < -0.4 is 10.1 Å². The van der Waals surface area contributed by atoms with E-state index in [1.54, 1.807) is 0 Å². The fourth-order valence-electron chi connectivity index (χ4n) is 1.39. The summed E-state index contributed by atoms with van der Waals surface area (Å²) in [7, 11) is 1.09. The predicted molar refractivity (Wildman–Crippen MR) is 66.1 cm³/mol. The van der Waals surface area contributed by atoms with Crippen LogP contribution in [0.4, 0.5) is 4.39 Å². The number of rotatable bonds is 5. The van der Waals surface area contributed by atoms with Crippen molar-refractivity contribution in [1.82, 2.24) is 5.32 Å². The molecule has 0 saturated heterocycles. The van der Waals surface area contributed by atoms with E-state index in [-0.39, 0.29) is 29.2 Å². The summed E-state index contributed by atoms with van der Waals surface area (Å²) >= 11 is 0. The first-order chi connectivity index (χ1) is 8.86. The smallest absolute Gasteiger partial charge is 0.261 e. The molecule has 1 N–H and O–H groups in total. The molecule has 0 bridgehead atoms. The van der Waals surface area contributed by atoms with Gasteiger partial charge in [0, 0.05) is 16.7 Å². The summed E-state index contributed by atoms with van der Waals surface area (Å²) in [5, 5.41) is 2.68. The molecule has 1 aliphatic rings. The average molecular weight is 308 g/mol. The predicted octanol–water partition coefficient (Wildman–Crippen LogP) is 1.41. The van der Waals surface area contributed by atoms with Crippen molar-refractivity contribution in [1.29, 1.82) is 0 Å². The molecule has 1 aromatic rings. The molecule has 0 heterocycles. The van der Waals surface area contributed by atoms with Crippen LogP contribution in [0.25, 0.3) is 0 Å². The van der Waals surface area contributed by atoms with E-state index in [9.17, 15) is 17.6 Å². The SMILES string of the molecule is O=C(COc1ccc(S(=O)(=O)Cl)cc1F)NC1CC1. The Balaban J connectivity index is 1.98. The first-order valence-corrected chi connectivity index (χ1v) is 7.83. The number of benzene rings is 1. The summed E-state index contributed by atoms with van der Waals surface area (Å²) in [5.41, 5.74) is 0. The van der Waals surface area contributed by atoms with Gasteiger partial charge in [-0.3, -0.25) is 4.79 Å². The molecule has 104 valence electrons. The first kappa shape index (κ1) is 14.1. The van der Waals surface area contributed by atoms with Crippen LogP contribution in [0, 0.1) is 5.82 Å². The molecule has 1 saturated carbocycles. The minimum absolute atomic E-state index is 0.199. The van der Waals surface area contributed by atoms with Crippen molar-refractivity contribution >= 4 is 25.6 Å². The number of hydrogen-bond donors (Lipinski definition) is 1. The van der Waals surface area contributed by atoms with Crippen LogP contribution in [0.5, 0.6) is 5.75 Å². The second kappa shape index (κ2) is 5.34. The Hall–Kier alpha value is -1.34. The number of nitrogens with one attached hydrogen (secondary N) is 1. The van der Waals surface area contributed by atoms with Crippen LogP contribution in [-0.2, 0) is 13.8 Å². The minimum atomic E-state index is -3.98. The molecular weight excluding hydrogens is 297 g/mol. The molecule has 0 aromatic heterocycles. The summed E-state index contributed by atoms with van der Waals surface area (Å²) in [6.07, 6.45) is 1.89. The third-order valence-corrected chi connectivity index (χ3v) is 3.84. The monoisotopic (exact) mass is 307 g/mol. The van der Waals surface area contributed by atoms with Gasteiger partial charge in [0.25, 0.3) is 15.0 Å². The first-order valence-electron chi connectivity index (χ1n) is 5.52. The highest BCUT2D eigenvalue weighted by Crippen LogP contribution is 2.23. The number of carbonyl (C=O) groups excluding carboxylic acids is 1. The van der Waals surface area contributed by atoms with Gasteiger partial charge in [0.2, 0.25) is 0 Å². The van der Waals surface area contributed by atoms with Gasteiger partial charge in [-0.1, -0.05) is 0 Å². The molecular formula is C11H11ClFNO4S. The maximum Gasteiger partial charge on any atom is 0.261 e. The molecule has 0 atom stereocenters. The molecule has 2 rings (SSSR count). The Labute approximate surface area is 114 Å². The standard InChI is InChI=1S/C11H11ClFNO4S/c12-19(16,17)8-3-4-10(9(13)5-8)18-6-11(15)14-7-1-2-7/h3-5,7H,1-2,6H2,(H,14,15). The minimum Gasteiger partial charge on any atom is -0.481 e. The van der Waals surface area contributed by atoms with Crippen LogP contribution >= 0.6 is 10.7 Å². The fraction of sp³-hybridized carbons (Fsp3) is 0.364. The van der Waals surface area contributed by atoms with Crippen molar-refractivity contribution < 1.29 is 22.3 Å². The number of hydrogen-bond acceptors (Lipinski definition) is 4. The van der Waals surface area contributed by atoms with Gasteiger partial charge in [0.05, 0.1) is 4.90 Å². The Kier molecular flexibility index (Phi) is 3.96. The van der Waals surface area contributed by atoms with Gasteiger partial charge in [-0.05, 0) is 31.0 Å². The lowest BCUT2D eigenvalue weighted by molar-refractivity contribution is -0.123. The van der Waals surface area contributed by atoms with E-state index in [1.807, 2.05) is 0 Å². The van der Waals surface area contributed by atoms with Gasteiger partial charge in [-0.15, -0.1) is 0 Å². The molecule has 0 unspecified atom stereocenters. The maximum atomic E-state index is 13.5. The van der Waals surface area contributed by atoms with Crippen molar-refractivity contribution in [2.75, 3.05) is 6.61 Å². The van der Waals surface area contributed by atoms with Gasteiger partial charge in [-0.25, -0.2) is 12.8 Å². The zero-order chi connectivity index (χ0) is 14.0. The van der Waals surface area contributed by atoms with Crippen molar-refractivity contribution in [3.8, 4) is 5.75 Å². The van der Waals surface area contributed by atoms with Gasteiger partial charge in [0.1, 0.15) is 0 Å². The molecule has 0 aliphatic heterocycles. The van der Waals surface area contributed by atoms with Gasteiger partial charge in [-0.2, -0.15) is 0 Å². The van der Waals surface area contributed by atoms with Crippen molar-refractivity contribution in [3.63, 3.8) is 0 Å². The Bertz CT molecular complexity index is 601. The highest BCUT2D eigenvalue weighted by molar-refractivity contribution is 8.13. The summed E-state index contributed by atoms with van der Waals surface area (Å²) in [4.78, 5) is 11.0. The number of ether oxygens (including phenoxy) is 1. The molecule has 1 aliphatic carbocycles. The van der Waals surface area contributed by atoms with Crippen LogP contribution in [-0.4, -0.2) is 27.0 Å². The van der Waals surface area contributed by atoms with E-state index in [0.717, 1.165) is 31.0 Å². The summed E-state index contributed by atoms with van der Waals surface area (Å²) in [6, 6.07) is 3.18. The second-order valence-electron chi connectivity index (χ2n) is 4.16. The molecule has 8 heteroatoms. The van der Waals surface area contributed by atoms with Gasteiger partial charge in [0.15, 0.2) is 18.2 Å². The van der Waals surface area contributed by atoms with Crippen LogP contribution in [0.1, 0.15) is 12.8 Å². The molecule has 1 fully saturated rings. The maximum absolute atomic E-state index is 13.5. The van der Waals surface area contributed by atoms with Crippen LogP contribution in [0.15, 0.2) is 23.1 Å². The topological polar surface area (TPSA) is 72.5 Å². The Morgan fingerprint density at radius 2 is 2.16 bits per heavy atom. The molecule has 19 heavy (non-hydrogen) atoms. The van der Waals surface area contributed by atoms with E-state index in [4.69, 9.17) is 15.4 Å². The average Bonchev–Trinajstić information content (AvgIpc) is 3.10. The van der Waals surface area contributed by atoms with E-state index < -0.39 is 14.9 Å². The van der Waals surface area contributed by atoms with Crippen molar-refractivity contribution in [3.05, 3.63) is 24.0 Å². The summed E-state index contributed by atoms with van der Waals surface area (Å²) < 4.78 is 40.5. The quantitative estimate of drug-likeness (QED) is 0.835. The lowest BCUT2D eigenvalue weighted by Gasteiger charge is -2.08. The number of carbonyl (C=O) groups is 1. The third-order valence-electron chi connectivity index (χ3n) is 2.49. The van der Waals surface area contributed by atoms with Crippen molar-refractivity contribution in [2.24, 2.45) is 0 Å². The zero-order valence-electron chi connectivity index (χ0n) is 9.73. The van der Waals surface area contributed by atoms with E-state index in [0.29, 0.717) is 0 Å². The lowest BCUT2D eigenvalue weighted by Crippen LogP contribution is -2.30. The van der Waals surface area contributed by atoms with E-state index in [2.05, 4.69) is 5.32 Å². The Morgan fingerprint density at radius 3 is 2.68 bits per heavy atom. The normalized spacial score (nSPS) is 15.1.